The zero-order valence-corrected chi connectivity index (χ0v) is 20.7. The molecule has 180 valence electrons. The van der Waals surface area contributed by atoms with Gasteiger partial charge >= 0.3 is 0 Å². The van der Waals surface area contributed by atoms with Crippen LogP contribution < -0.4 is 10.6 Å². The summed E-state index contributed by atoms with van der Waals surface area (Å²) >= 11 is 11.9. The third kappa shape index (κ3) is 9.34. The number of hydrogen-bond acceptors (Lipinski definition) is 3. The Balaban J connectivity index is 1.23. The van der Waals surface area contributed by atoms with Crippen LogP contribution in [0.25, 0.3) is 12.2 Å². The molecule has 0 saturated carbocycles. The molecule has 3 rings (SSSR count). The van der Waals surface area contributed by atoms with Crippen molar-refractivity contribution >= 4 is 47.2 Å². The van der Waals surface area contributed by atoms with Gasteiger partial charge in [-0.2, -0.15) is 0 Å². The maximum atomic E-state index is 12.2. The van der Waals surface area contributed by atoms with Crippen molar-refractivity contribution in [2.24, 2.45) is 0 Å². The van der Waals surface area contributed by atoms with Gasteiger partial charge in [-0.25, -0.2) is 0 Å². The molecule has 0 aromatic heterocycles. The van der Waals surface area contributed by atoms with Crippen molar-refractivity contribution in [1.29, 1.82) is 0 Å². The van der Waals surface area contributed by atoms with E-state index in [1.165, 1.54) is 6.08 Å². The Morgan fingerprint density at radius 2 is 1.68 bits per heavy atom. The van der Waals surface area contributed by atoms with E-state index in [1.807, 2.05) is 42.5 Å². The molecular weight excluding hydrogens is 469 g/mol. The second-order valence-electron chi connectivity index (χ2n) is 8.40. The second-order valence-corrected chi connectivity index (χ2v) is 9.21. The molecular formula is C27H31Cl2N3O2. The molecule has 0 unspecified atom stereocenters. The molecule has 0 bridgehead atoms. The van der Waals surface area contributed by atoms with E-state index in [9.17, 15) is 9.59 Å². The molecule has 0 aliphatic carbocycles. The Labute approximate surface area is 211 Å². The topological polar surface area (TPSA) is 61.4 Å². The lowest BCUT2D eigenvalue weighted by Gasteiger charge is -2.16. The van der Waals surface area contributed by atoms with E-state index in [-0.39, 0.29) is 17.9 Å². The van der Waals surface area contributed by atoms with Gasteiger partial charge in [0.2, 0.25) is 11.8 Å². The summed E-state index contributed by atoms with van der Waals surface area (Å²) in [4.78, 5) is 26.5. The smallest absolute Gasteiger partial charge is 0.244 e. The summed E-state index contributed by atoms with van der Waals surface area (Å²) in [7, 11) is 0. The van der Waals surface area contributed by atoms with Crippen LogP contribution in [0.4, 0.5) is 0 Å². The zero-order chi connectivity index (χ0) is 24.2. The van der Waals surface area contributed by atoms with Gasteiger partial charge in [0, 0.05) is 37.8 Å². The number of carbonyl (C=O) groups is 2. The monoisotopic (exact) mass is 499 g/mol. The fourth-order valence-electron chi connectivity index (χ4n) is 3.83. The maximum Gasteiger partial charge on any atom is 0.244 e. The minimum Gasteiger partial charge on any atom is -0.353 e. The lowest BCUT2D eigenvalue weighted by Crippen LogP contribution is -2.36. The lowest BCUT2D eigenvalue weighted by molar-refractivity contribution is -0.117. The molecule has 1 fully saturated rings. The van der Waals surface area contributed by atoms with Gasteiger partial charge in [0.15, 0.2) is 0 Å². The van der Waals surface area contributed by atoms with Gasteiger partial charge in [-0.3, -0.25) is 9.59 Å². The maximum absolute atomic E-state index is 12.2. The van der Waals surface area contributed by atoms with E-state index in [4.69, 9.17) is 23.2 Å². The Morgan fingerprint density at radius 3 is 2.47 bits per heavy atom. The van der Waals surface area contributed by atoms with E-state index in [2.05, 4.69) is 15.5 Å². The first-order chi connectivity index (χ1) is 16.5. The molecule has 34 heavy (non-hydrogen) atoms. The third-order valence-corrected chi connectivity index (χ3v) is 6.41. The zero-order valence-electron chi connectivity index (χ0n) is 19.2. The van der Waals surface area contributed by atoms with Crippen LogP contribution in [0.2, 0.25) is 10.0 Å². The summed E-state index contributed by atoms with van der Waals surface area (Å²) in [5.41, 5.74) is 1.85. The highest BCUT2D eigenvalue weighted by Gasteiger charge is 2.22. The van der Waals surface area contributed by atoms with Gasteiger partial charge < -0.3 is 15.5 Å². The first-order valence-electron chi connectivity index (χ1n) is 11.7. The molecule has 2 aromatic carbocycles. The van der Waals surface area contributed by atoms with E-state index < -0.39 is 0 Å². The molecule has 1 atom stereocenters. The molecule has 2 N–H and O–H groups in total. The van der Waals surface area contributed by atoms with Crippen LogP contribution >= 0.6 is 23.2 Å². The molecule has 1 heterocycles. The fraction of sp³-hybridized carbons (Fsp3) is 0.333. The molecule has 1 aliphatic rings. The number of benzene rings is 2. The summed E-state index contributed by atoms with van der Waals surface area (Å²) < 4.78 is 0. The number of rotatable bonds is 11. The summed E-state index contributed by atoms with van der Waals surface area (Å²) in [6.07, 6.45) is 10.7. The summed E-state index contributed by atoms with van der Waals surface area (Å²) in [5, 5.41) is 6.97. The van der Waals surface area contributed by atoms with Crippen LogP contribution in [0.15, 0.2) is 60.7 Å². The number of hydrogen-bond donors (Lipinski definition) is 2. The standard InChI is InChI=1S/C27H31Cl2N3O2/c28-24-12-9-22(19-25(24)29)11-13-26(33)30-16-5-2-6-17-32-18-15-23(20-32)31-27(34)14-10-21-7-3-1-4-8-21/h1,3-4,7-14,19,23H,2,5-6,15-18,20H2,(H,30,33)(H,31,34)/b13-11+,14-10+/t23-/m0/s1. The number of halogens is 2. The first-order valence-corrected chi connectivity index (χ1v) is 12.4. The van der Waals surface area contributed by atoms with Crippen molar-refractivity contribution in [3.8, 4) is 0 Å². The average molecular weight is 500 g/mol. The second kappa shape index (κ2) is 14.0. The highest BCUT2D eigenvalue weighted by molar-refractivity contribution is 6.42. The van der Waals surface area contributed by atoms with Crippen LogP contribution in [0.1, 0.15) is 36.8 Å². The van der Waals surface area contributed by atoms with Crippen molar-refractivity contribution in [2.45, 2.75) is 31.7 Å². The van der Waals surface area contributed by atoms with Crippen molar-refractivity contribution in [3.63, 3.8) is 0 Å². The number of amides is 2. The fourth-order valence-corrected chi connectivity index (χ4v) is 4.14. The third-order valence-electron chi connectivity index (χ3n) is 5.67. The Morgan fingerprint density at radius 1 is 0.912 bits per heavy atom. The Kier molecular flexibility index (Phi) is 10.7. The van der Waals surface area contributed by atoms with Gasteiger partial charge in [0.1, 0.15) is 0 Å². The average Bonchev–Trinajstić information content (AvgIpc) is 3.28. The molecule has 0 radical (unpaired) electrons. The molecule has 0 spiro atoms. The van der Waals surface area contributed by atoms with Gasteiger partial charge in [-0.05, 0) is 61.2 Å². The minimum atomic E-state index is -0.120. The van der Waals surface area contributed by atoms with Crippen LogP contribution in [0.3, 0.4) is 0 Å². The summed E-state index contributed by atoms with van der Waals surface area (Å²) in [6.45, 7) is 3.55. The Hall–Kier alpha value is -2.60. The van der Waals surface area contributed by atoms with Gasteiger partial charge in [0.05, 0.1) is 10.0 Å². The van der Waals surface area contributed by atoms with Gasteiger partial charge in [-0.1, -0.05) is 66.0 Å². The Bertz CT molecular complexity index is 1010. The SMILES string of the molecule is O=C(/C=C/c1ccc(Cl)c(Cl)c1)NCCCCCN1CC[C@H](NC(=O)/C=C/c2ccccc2)C1. The summed E-state index contributed by atoms with van der Waals surface area (Å²) in [6, 6.07) is 15.3. The quantitative estimate of drug-likeness (QED) is 0.330. The number of nitrogens with zero attached hydrogens (tertiary/aromatic N) is 1. The van der Waals surface area contributed by atoms with Crippen LogP contribution in [0, 0.1) is 0 Å². The van der Waals surface area contributed by atoms with Crippen molar-refractivity contribution < 1.29 is 9.59 Å². The molecule has 5 nitrogen and oxygen atoms in total. The van der Waals surface area contributed by atoms with E-state index in [0.29, 0.717) is 16.6 Å². The van der Waals surface area contributed by atoms with Gasteiger partial charge in [0.25, 0.3) is 0 Å². The van der Waals surface area contributed by atoms with Crippen molar-refractivity contribution in [3.05, 3.63) is 81.9 Å². The van der Waals surface area contributed by atoms with Gasteiger partial charge in [-0.15, -0.1) is 0 Å². The number of likely N-dealkylation sites (tertiary alicyclic amines) is 1. The first kappa shape index (κ1) is 26.0. The molecule has 2 aromatic rings. The predicted molar refractivity (Wildman–Crippen MR) is 141 cm³/mol. The van der Waals surface area contributed by atoms with Crippen LogP contribution in [-0.4, -0.2) is 48.9 Å². The predicted octanol–water partition coefficient (Wildman–Crippen LogP) is 5.20. The normalized spacial score (nSPS) is 16.4. The van der Waals surface area contributed by atoms with Crippen molar-refractivity contribution in [1.82, 2.24) is 15.5 Å². The number of nitrogens with one attached hydrogen (secondary N) is 2. The van der Waals surface area contributed by atoms with Crippen molar-refractivity contribution in [2.75, 3.05) is 26.2 Å². The van der Waals surface area contributed by atoms with E-state index >= 15 is 0 Å². The molecule has 1 aliphatic heterocycles. The largest absolute Gasteiger partial charge is 0.353 e. The lowest BCUT2D eigenvalue weighted by atomic mass is 10.2. The van der Waals surface area contributed by atoms with E-state index in [0.717, 1.165) is 56.4 Å². The molecule has 2 amide bonds. The molecule has 7 heteroatoms. The van der Waals surface area contributed by atoms with E-state index in [1.54, 1.807) is 24.3 Å². The van der Waals surface area contributed by atoms with Crippen LogP contribution in [-0.2, 0) is 9.59 Å². The highest BCUT2D eigenvalue weighted by atomic mass is 35.5. The number of carbonyl (C=O) groups excluding carboxylic acids is 2. The number of unbranched alkanes of at least 4 members (excludes halogenated alkanes) is 2. The molecule has 1 saturated heterocycles. The highest BCUT2D eigenvalue weighted by Crippen LogP contribution is 2.23. The minimum absolute atomic E-state index is 0.0420. The van der Waals surface area contributed by atoms with Crippen LogP contribution in [0.5, 0.6) is 0 Å². The summed E-state index contributed by atoms with van der Waals surface area (Å²) in [5.74, 6) is -0.162.